The first-order chi connectivity index (χ1) is 10.7. The van der Waals surface area contributed by atoms with Crippen LogP contribution >= 0.6 is 0 Å². The second-order valence-corrected chi connectivity index (χ2v) is 5.39. The fourth-order valence-electron chi connectivity index (χ4n) is 2.60. The van der Waals surface area contributed by atoms with Gasteiger partial charge in [-0.3, -0.25) is 0 Å². The summed E-state index contributed by atoms with van der Waals surface area (Å²) in [5, 5.41) is 12.3. The maximum atomic E-state index is 12.4. The van der Waals surface area contributed by atoms with E-state index in [1.54, 1.807) is 12.0 Å². The average molecular weight is 304 g/mol. The van der Waals surface area contributed by atoms with Crippen molar-refractivity contribution in [2.75, 3.05) is 20.3 Å². The molecule has 1 unspecified atom stereocenters. The van der Waals surface area contributed by atoms with Crippen molar-refractivity contribution >= 4 is 6.03 Å². The van der Waals surface area contributed by atoms with Gasteiger partial charge in [0.15, 0.2) is 0 Å². The van der Waals surface area contributed by atoms with Crippen molar-refractivity contribution in [3.8, 4) is 5.75 Å². The van der Waals surface area contributed by atoms with Gasteiger partial charge < -0.3 is 20.1 Å². The molecule has 0 saturated heterocycles. The summed E-state index contributed by atoms with van der Waals surface area (Å²) < 4.78 is 5.32. The van der Waals surface area contributed by atoms with Crippen molar-refractivity contribution in [2.45, 2.75) is 31.8 Å². The SMILES string of the molecule is COc1ccccc1CN(CCO)C(=O)NC1CC=CCC1. The van der Waals surface area contributed by atoms with Crippen LogP contribution in [0.1, 0.15) is 24.8 Å². The maximum Gasteiger partial charge on any atom is 0.318 e. The molecule has 2 amide bonds. The number of urea groups is 1. The predicted octanol–water partition coefficient (Wildman–Crippen LogP) is 2.31. The zero-order valence-corrected chi connectivity index (χ0v) is 13.0. The van der Waals surface area contributed by atoms with E-state index in [1.165, 1.54) is 0 Å². The number of nitrogens with one attached hydrogen (secondary N) is 1. The fraction of sp³-hybridized carbons (Fsp3) is 0.471. The quantitative estimate of drug-likeness (QED) is 0.793. The minimum absolute atomic E-state index is 0.0624. The van der Waals surface area contributed by atoms with E-state index in [0.717, 1.165) is 30.6 Å². The van der Waals surface area contributed by atoms with Gasteiger partial charge in [0.2, 0.25) is 0 Å². The highest BCUT2D eigenvalue weighted by Crippen LogP contribution is 2.19. The van der Waals surface area contributed by atoms with Gasteiger partial charge in [-0.15, -0.1) is 0 Å². The molecule has 1 aromatic rings. The molecule has 5 nitrogen and oxygen atoms in total. The van der Waals surface area contributed by atoms with Gasteiger partial charge in [0.05, 0.1) is 20.3 Å². The first-order valence-corrected chi connectivity index (χ1v) is 7.67. The minimum atomic E-state index is -0.139. The number of ether oxygens (including phenoxy) is 1. The lowest BCUT2D eigenvalue weighted by molar-refractivity contribution is 0.169. The lowest BCUT2D eigenvalue weighted by Gasteiger charge is -2.27. The lowest BCUT2D eigenvalue weighted by atomic mass is 10.0. The molecule has 1 aliphatic rings. The monoisotopic (exact) mass is 304 g/mol. The number of hydrogen-bond acceptors (Lipinski definition) is 3. The molecule has 0 spiro atoms. The predicted molar refractivity (Wildman–Crippen MR) is 85.8 cm³/mol. The van der Waals surface area contributed by atoms with Crippen molar-refractivity contribution in [1.82, 2.24) is 10.2 Å². The summed E-state index contributed by atoms with van der Waals surface area (Å²) in [6.45, 7) is 0.651. The first-order valence-electron chi connectivity index (χ1n) is 7.67. The van der Waals surface area contributed by atoms with Gasteiger partial charge in [0, 0.05) is 18.2 Å². The molecule has 22 heavy (non-hydrogen) atoms. The number of nitrogens with zero attached hydrogens (tertiary/aromatic N) is 1. The zero-order chi connectivity index (χ0) is 15.8. The van der Waals surface area contributed by atoms with Gasteiger partial charge in [-0.25, -0.2) is 4.79 Å². The van der Waals surface area contributed by atoms with E-state index in [4.69, 9.17) is 4.74 Å². The second-order valence-electron chi connectivity index (χ2n) is 5.39. The summed E-state index contributed by atoms with van der Waals surface area (Å²) >= 11 is 0. The molecule has 2 N–H and O–H groups in total. The molecule has 1 atom stereocenters. The Hall–Kier alpha value is -2.01. The molecule has 0 bridgehead atoms. The third-order valence-corrected chi connectivity index (χ3v) is 3.81. The van der Waals surface area contributed by atoms with Crippen molar-refractivity contribution in [2.24, 2.45) is 0 Å². The number of para-hydroxylation sites is 1. The van der Waals surface area contributed by atoms with Gasteiger partial charge >= 0.3 is 6.03 Å². The van der Waals surface area contributed by atoms with Gasteiger partial charge in [-0.05, 0) is 25.3 Å². The summed E-state index contributed by atoms with van der Waals surface area (Å²) in [6, 6.07) is 7.65. The number of rotatable bonds is 6. The van der Waals surface area contributed by atoms with Crippen LogP contribution in [-0.2, 0) is 6.54 Å². The Labute approximate surface area is 131 Å². The van der Waals surface area contributed by atoms with Crippen LogP contribution in [0.5, 0.6) is 5.75 Å². The number of methoxy groups -OCH3 is 1. The molecule has 0 fully saturated rings. The maximum absolute atomic E-state index is 12.4. The minimum Gasteiger partial charge on any atom is -0.496 e. The molecule has 1 aromatic carbocycles. The molecule has 120 valence electrons. The largest absolute Gasteiger partial charge is 0.496 e. The molecule has 0 radical (unpaired) electrons. The van der Waals surface area contributed by atoms with Crippen molar-refractivity contribution < 1.29 is 14.6 Å². The van der Waals surface area contributed by atoms with Gasteiger partial charge in [-0.2, -0.15) is 0 Å². The van der Waals surface area contributed by atoms with Gasteiger partial charge in [0.25, 0.3) is 0 Å². The highest BCUT2D eigenvalue weighted by atomic mass is 16.5. The summed E-state index contributed by atoms with van der Waals surface area (Å²) in [7, 11) is 1.61. The Morgan fingerprint density at radius 3 is 2.91 bits per heavy atom. The normalized spacial score (nSPS) is 17.1. The van der Waals surface area contributed by atoms with E-state index in [1.807, 2.05) is 24.3 Å². The van der Waals surface area contributed by atoms with Crippen molar-refractivity contribution in [3.05, 3.63) is 42.0 Å². The number of carbonyl (C=O) groups is 1. The molecule has 2 rings (SSSR count). The molecule has 0 saturated carbocycles. The molecule has 0 heterocycles. The Kier molecular flexibility index (Phi) is 6.27. The average Bonchev–Trinajstić information content (AvgIpc) is 2.56. The molecular formula is C17H24N2O3. The van der Waals surface area contributed by atoms with E-state index in [9.17, 15) is 9.90 Å². The smallest absolute Gasteiger partial charge is 0.318 e. The molecule has 5 heteroatoms. The Balaban J connectivity index is 2.01. The van der Waals surface area contributed by atoms with E-state index in [-0.39, 0.29) is 18.7 Å². The number of aliphatic hydroxyl groups excluding tert-OH is 1. The van der Waals surface area contributed by atoms with Crippen LogP contribution in [-0.4, -0.2) is 42.3 Å². The summed E-state index contributed by atoms with van der Waals surface area (Å²) in [4.78, 5) is 14.1. The summed E-state index contributed by atoms with van der Waals surface area (Å²) in [5.41, 5.74) is 0.928. The lowest BCUT2D eigenvalue weighted by Crippen LogP contribution is -2.45. The number of hydrogen-bond donors (Lipinski definition) is 2. The number of benzene rings is 1. The van der Waals surface area contributed by atoms with E-state index in [2.05, 4.69) is 17.5 Å². The molecule has 0 aliphatic heterocycles. The number of allylic oxidation sites excluding steroid dienone is 1. The third kappa shape index (κ3) is 4.49. The molecule has 1 aliphatic carbocycles. The van der Waals surface area contributed by atoms with Crippen LogP contribution in [0.2, 0.25) is 0 Å². The van der Waals surface area contributed by atoms with Crippen molar-refractivity contribution in [3.63, 3.8) is 0 Å². The van der Waals surface area contributed by atoms with Gasteiger partial charge in [-0.1, -0.05) is 30.4 Å². The van der Waals surface area contributed by atoms with E-state index >= 15 is 0 Å². The fourth-order valence-corrected chi connectivity index (χ4v) is 2.60. The Morgan fingerprint density at radius 1 is 1.41 bits per heavy atom. The topological polar surface area (TPSA) is 61.8 Å². The third-order valence-electron chi connectivity index (χ3n) is 3.81. The Morgan fingerprint density at radius 2 is 2.23 bits per heavy atom. The molecular weight excluding hydrogens is 280 g/mol. The van der Waals surface area contributed by atoms with Crippen LogP contribution in [0.15, 0.2) is 36.4 Å². The van der Waals surface area contributed by atoms with Crippen LogP contribution in [0.4, 0.5) is 4.79 Å². The summed E-state index contributed by atoms with van der Waals surface area (Å²) in [6.07, 6.45) is 7.07. The zero-order valence-electron chi connectivity index (χ0n) is 13.0. The van der Waals surface area contributed by atoms with Crippen LogP contribution in [0, 0.1) is 0 Å². The van der Waals surface area contributed by atoms with Crippen LogP contribution in [0.25, 0.3) is 0 Å². The number of carbonyl (C=O) groups excluding carboxylic acids is 1. The van der Waals surface area contributed by atoms with Crippen molar-refractivity contribution in [1.29, 1.82) is 0 Å². The highest BCUT2D eigenvalue weighted by Gasteiger charge is 2.19. The second kappa shape index (κ2) is 8.44. The van der Waals surface area contributed by atoms with Crippen LogP contribution < -0.4 is 10.1 Å². The van der Waals surface area contributed by atoms with Gasteiger partial charge in [0.1, 0.15) is 5.75 Å². The standard InChI is InChI=1S/C17H24N2O3/c1-22-16-10-6-5-7-14(16)13-19(11-12-20)17(21)18-15-8-3-2-4-9-15/h2-3,5-7,10,15,20H,4,8-9,11-13H2,1H3,(H,18,21). The Bertz CT molecular complexity index is 516. The van der Waals surface area contributed by atoms with E-state index < -0.39 is 0 Å². The number of aliphatic hydroxyl groups is 1. The van der Waals surface area contributed by atoms with Crippen LogP contribution in [0.3, 0.4) is 0 Å². The summed E-state index contributed by atoms with van der Waals surface area (Å²) in [5.74, 6) is 0.749. The number of amides is 2. The molecule has 0 aromatic heterocycles. The first kappa shape index (κ1) is 16.4. The highest BCUT2D eigenvalue weighted by molar-refractivity contribution is 5.74. The van der Waals surface area contributed by atoms with E-state index in [0.29, 0.717) is 13.1 Å².